The summed E-state index contributed by atoms with van der Waals surface area (Å²) in [4.78, 5) is 4.71. The molecule has 1 aromatic heterocycles. The van der Waals surface area contributed by atoms with E-state index in [2.05, 4.69) is 4.98 Å². The highest BCUT2D eigenvalue weighted by Gasteiger charge is 2.15. The van der Waals surface area contributed by atoms with E-state index in [1.165, 1.54) is 0 Å². The Morgan fingerprint density at radius 3 is 2.38 bits per heavy atom. The minimum absolute atomic E-state index is 0.0675. The second-order valence-electron chi connectivity index (χ2n) is 4.86. The molecule has 21 heavy (non-hydrogen) atoms. The molecule has 0 bridgehead atoms. The van der Waals surface area contributed by atoms with E-state index in [4.69, 9.17) is 0 Å². The third-order valence-corrected chi connectivity index (χ3v) is 5.20. The van der Waals surface area contributed by atoms with Crippen molar-refractivity contribution in [2.45, 2.75) is 11.3 Å². The second kappa shape index (κ2) is 5.66. The van der Waals surface area contributed by atoms with Gasteiger partial charge in [0.15, 0.2) is 9.84 Å². The minimum Gasteiger partial charge on any atom is -0.261 e. The van der Waals surface area contributed by atoms with Crippen LogP contribution < -0.4 is 0 Å². The molecule has 106 valence electrons. The van der Waals surface area contributed by atoms with Crippen LogP contribution in [0.4, 0.5) is 0 Å². The SMILES string of the molecule is O=S(=O)(CCc1nccc2ccccc12)c1ccccc1. The molecule has 0 aliphatic rings. The quantitative estimate of drug-likeness (QED) is 0.742. The number of aryl methyl sites for hydroxylation is 1. The van der Waals surface area contributed by atoms with Gasteiger partial charge in [0.1, 0.15) is 0 Å². The van der Waals surface area contributed by atoms with Crippen molar-refractivity contribution in [2.24, 2.45) is 0 Å². The highest BCUT2D eigenvalue weighted by Crippen LogP contribution is 2.18. The van der Waals surface area contributed by atoms with Crippen LogP contribution in [0.2, 0.25) is 0 Å². The number of hydrogen-bond acceptors (Lipinski definition) is 3. The first-order valence-electron chi connectivity index (χ1n) is 6.77. The van der Waals surface area contributed by atoms with Crippen molar-refractivity contribution in [3.05, 3.63) is 72.6 Å². The van der Waals surface area contributed by atoms with Crippen LogP contribution in [-0.2, 0) is 16.3 Å². The molecule has 0 saturated heterocycles. The first-order valence-corrected chi connectivity index (χ1v) is 8.42. The zero-order valence-corrected chi connectivity index (χ0v) is 12.3. The predicted octanol–water partition coefficient (Wildman–Crippen LogP) is 3.25. The summed E-state index contributed by atoms with van der Waals surface area (Å²) in [7, 11) is -3.27. The zero-order chi connectivity index (χ0) is 14.7. The van der Waals surface area contributed by atoms with Crippen LogP contribution in [0.25, 0.3) is 10.8 Å². The molecule has 0 spiro atoms. The fraction of sp³-hybridized carbons (Fsp3) is 0.118. The smallest absolute Gasteiger partial charge is 0.178 e. The Bertz CT molecular complexity index is 853. The molecule has 0 saturated carbocycles. The molecular weight excluding hydrogens is 282 g/mol. The van der Waals surface area contributed by atoms with Crippen LogP contribution in [0.15, 0.2) is 71.8 Å². The van der Waals surface area contributed by atoms with Gasteiger partial charge in [0.25, 0.3) is 0 Å². The summed E-state index contributed by atoms with van der Waals surface area (Å²) in [6.45, 7) is 0. The van der Waals surface area contributed by atoms with E-state index in [-0.39, 0.29) is 5.75 Å². The van der Waals surface area contributed by atoms with Crippen molar-refractivity contribution in [2.75, 3.05) is 5.75 Å². The molecule has 4 heteroatoms. The number of fused-ring (bicyclic) bond motifs is 1. The number of benzene rings is 2. The summed E-state index contributed by atoms with van der Waals surface area (Å²) in [5.41, 5.74) is 0.826. The van der Waals surface area contributed by atoms with Gasteiger partial charge in [0.05, 0.1) is 10.6 Å². The first kappa shape index (κ1) is 13.8. The summed E-state index contributed by atoms with van der Waals surface area (Å²) < 4.78 is 24.6. The van der Waals surface area contributed by atoms with E-state index in [9.17, 15) is 8.42 Å². The maximum atomic E-state index is 12.3. The lowest BCUT2D eigenvalue weighted by atomic mass is 10.1. The number of hydrogen-bond donors (Lipinski definition) is 0. The van der Waals surface area contributed by atoms with Crippen LogP contribution in [0, 0.1) is 0 Å². The highest BCUT2D eigenvalue weighted by atomic mass is 32.2. The Balaban J connectivity index is 1.87. The minimum atomic E-state index is -3.27. The first-order chi connectivity index (χ1) is 10.2. The largest absolute Gasteiger partial charge is 0.261 e. The van der Waals surface area contributed by atoms with Gasteiger partial charge in [-0.2, -0.15) is 0 Å². The Kier molecular flexibility index (Phi) is 3.71. The van der Waals surface area contributed by atoms with E-state index in [1.807, 2.05) is 36.4 Å². The van der Waals surface area contributed by atoms with Gasteiger partial charge < -0.3 is 0 Å². The lowest BCUT2D eigenvalue weighted by Crippen LogP contribution is -2.10. The van der Waals surface area contributed by atoms with E-state index in [0.717, 1.165) is 16.5 Å². The molecule has 0 atom stereocenters. The summed E-state index contributed by atoms with van der Waals surface area (Å²) in [6.07, 6.45) is 2.14. The molecule has 0 radical (unpaired) electrons. The summed E-state index contributed by atoms with van der Waals surface area (Å²) in [5, 5.41) is 2.10. The Morgan fingerprint density at radius 1 is 0.857 bits per heavy atom. The van der Waals surface area contributed by atoms with Crippen LogP contribution in [0.5, 0.6) is 0 Å². The van der Waals surface area contributed by atoms with Gasteiger partial charge in [0, 0.05) is 23.7 Å². The van der Waals surface area contributed by atoms with E-state index >= 15 is 0 Å². The fourth-order valence-electron chi connectivity index (χ4n) is 2.36. The van der Waals surface area contributed by atoms with Crippen LogP contribution >= 0.6 is 0 Å². The van der Waals surface area contributed by atoms with Crippen molar-refractivity contribution >= 4 is 20.6 Å². The number of nitrogens with zero attached hydrogens (tertiary/aromatic N) is 1. The fourth-order valence-corrected chi connectivity index (χ4v) is 3.63. The molecule has 0 unspecified atom stereocenters. The monoisotopic (exact) mass is 297 g/mol. The molecule has 2 aromatic carbocycles. The van der Waals surface area contributed by atoms with Gasteiger partial charge in [-0.25, -0.2) is 8.42 Å². The van der Waals surface area contributed by atoms with Gasteiger partial charge in [-0.05, 0) is 23.6 Å². The zero-order valence-electron chi connectivity index (χ0n) is 11.4. The van der Waals surface area contributed by atoms with Gasteiger partial charge >= 0.3 is 0 Å². The molecule has 3 rings (SSSR count). The summed E-state index contributed by atoms with van der Waals surface area (Å²) in [6, 6.07) is 18.4. The maximum absolute atomic E-state index is 12.3. The van der Waals surface area contributed by atoms with Crippen molar-refractivity contribution in [3.8, 4) is 0 Å². The van der Waals surface area contributed by atoms with Crippen molar-refractivity contribution in [1.82, 2.24) is 4.98 Å². The lowest BCUT2D eigenvalue weighted by Gasteiger charge is -2.07. The van der Waals surface area contributed by atoms with E-state index < -0.39 is 9.84 Å². The van der Waals surface area contributed by atoms with Gasteiger partial charge in [-0.15, -0.1) is 0 Å². The summed E-state index contributed by atoms with van der Waals surface area (Å²) in [5.74, 6) is 0.0675. The Morgan fingerprint density at radius 2 is 1.57 bits per heavy atom. The average molecular weight is 297 g/mol. The Hall–Kier alpha value is -2.20. The second-order valence-corrected chi connectivity index (χ2v) is 6.97. The lowest BCUT2D eigenvalue weighted by molar-refractivity contribution is 0.595. The van der Waals surface area contributed by atoms with E-state index in [0.29, 0.717) is 11.3 Å². The molecule has 3 aromatic rings. The molecule has 0 N–H and O–H groups in total. The molecular formula is C17H15NO2S. The van der Waals surface area contributed by atoms with Gasteiger partial charge in [0.2, 0.25) is 0 Å². The third kappa shape index (κ3) is 2.95. The predicted molar refractivity (Wildman–Crippen MR) is 83.9 cm³/mol. The van der Waals surface area contributed by atoms with Crippen molar-refractivity contribution in [1.29, 1.82) is 0 Å². The number of rotatable bonds is 4. The topological polar surface area (TPSA) is 47.0 Å². The van der Waals surface area contributed by atoms with Crippen molar-refractivity contribution in [3.63, 3.8) is 0 Å². The van der Waals surface area contributed by atoms with E-state index in [1.54, 1.807) is 30.5 Å². The third-order valence-electron chi connectivity index (χ3n) is 3.47. The molecule has 1 heterocycles. The molecule has 0 fully saturated rings. The van der Waals surface area contributed by atoms with Gasteiger partial charge in [-0.3, -0.25) is 4.98 Å². The van der Waals surface area contributed by atoms with Crippen molar-refractivity contribution < 1.29 is 8.42 Å². The number of aromatic nitrogens is 1. The number of pyridine rings is 1. The molecule has 0 amide bonds. The highest BCUT2D eigenvalue weighted by molar-refractivity contribution is 7.91. The number of sulfone groups is 1. The molecule has 3 nitrogen and oxygen atoms in total. The molecule has 0 aliphatic heterocycles. The van der Waals surface area contributed by atoms with Crippen LogP contribution in [-0.4, -0.2) is 19.2 Å². The van der Waals surface area contributed by atoms with Gasteiger partial charge in [-0.1, -0.05) is 42.5 Å². The normalized spacial score (nSPS) is 11.6. The summed E-state index contributed by atoms with van der Waals surface area (Å²) >= 11 is 0. The maximum Gasteiger partial charge on any atom is 0.178 e. The average Bonchev–Trinajstić information content (AvgIpc) is 2.54. The van der Waals surface area contributed by atoms with Crippen LogP contribution in [0.1, 0.15) is 5.69 Å². The molecule has 0 aliphatic carbocycles. The van der Waals surface area contributed by atoms with Crippen LogP contribution in [0.3, 0.4) is 0 Å². The Labute approximate surface area is 124 Å². The standard InChI is InChI=1S/C17H15NO2S/c19-21(20,15-7-2-1-3-8-15)13-11-17-16-9-5-4-6-14(16)10-12-18-17/h1-10,12H,11,13H2.